The molecule has 0 radical (unpaired) electrons. The van der Waals surface area contributed by atoms with Crippen LogP contribution in [0.1, 0.15) is 17.4 Å². The molecule has 0 atom stereocenters. The molecule has 0 aromatic carbocycles. The fourth-order valence-corrected chi connectivity index (χ4v) is 1.59. The molecule has 1 rings (SSSR count). The van der Waals surface area contributed by atoms with Crippen molar-refractivity contribution in [3.63, 3.8) is 0 Å². The number of pyridine rings is 1. The molecule has 0 spiro atoms. The third-order valence-electron chi connectivity index (χ3n) is 1.58. The van der Waals surface area contributed by atoms with E-state index in [-0.39, 0.29) is 11.0 Å². The zero-order chi connectivity index (χ0) is 11.1. The van der Waals surface area contributed by atoms with Crippen molar-refractivity contribution in [3.8, 4) is 0 Å². The van der Waals surface area contributed by atoms with Crippen LogP contribution in [0.5, 0.6) is 0 Å². The van der Waals surface area contributed by atoms with E-state index in [4.69, 9.17) is 0 Å². The van der Waals surface area contributed by atoms with Crippen LogP contribution in [-0.2, 0) is 4.79 Å². The third kappa shape index (κ3) is 4.60. The molecule has 0 aliphatic heterocycles. The number of aromatic nitrogens is 1. The van der Waals surface area contributed by atoms with Crippen LogP contribution < -0.4 is 5.32 Å². The maximum atomic E-state index is 11.5. The zero-order valence-electron chi connectivity index (χ0n) is 8.40. The maximum absolute atomic E-state index is 11.5. The first-order valence-corrected chi connectivity index (χ1v) is 5.51. The average molecular weight is 224 g/mol. The Labute approximate surface area is 92.5 Å². The van der Waals surface area contributed by atoms with Crippen molar-refractivity contribution >= 4 is 22.8 Å². The van der Waals surface area contributed by atoms with Crippen LogP contribution in [-0.4, -0.2) is 28.3 Å². The topological polar surface area (TPSA) is 59.1 Å². The Balaban J connectivity index is 2.28. The van der Waals surface area contributed by atoms with Gasteiger partial charge in [0.05, 0.1) is 0 Å². The summed E-state index contributed by atoms with van der Waals surface area (Å²) in [7, 11) is 0. The van der Waals surface area contributed by atoms with Gasteiger partial charge < -0.3 is 5.32 Å². The molecular formula is C10H12N2O2S. The molecule has 15 heavy (non-hydrogen) atoms. The van der Waals surface area contributed by atoms with E-state index >= 15 is 0 Å². The molecule has 0 aliphatic carbocycles. The molecule has 4 nitrogen and oxygen atoms in total. The summed E-state index contributed by atoms with van der Waals surface area (Å²) in [6.45, 7) is 1.95. The summed E-state index contributed by atoms with van der Waals surface area (Å²) in [5.74, 6) is 0.482. The Morgan fingerprint density at radius 2 is 2.27 bits per heavy atom. The molecule has 80 valence electrons. The summed E-state index contributed by atoms with van der Waals surface area (Å²) in [5, 5.41) is 2.55. The van der Waals surface area contributed by atoms with E-state index in [1.165, 1.54) is 6.92 Å². The SMILES string of the molecule is CC(=O)NCCSC(=O)c1ccccn1. The number of rotatable bonds is 4. The van der Waals surface area contributed by atoms with Gasteiger partial charge in [0.25, 0.3) is 0 Å². The number of carbonyl (C=O) groups excluding carboxylic acids is 2. The lowest BCUT2D eigenvalue weighted by Crippen LogP contribution is -2.22. The molecule has 1 N–H and O–H groups in total. The molecule has 1 aromatic heterocycles. The van der Waals surface area contributed by atoms with Gasteiger partial charge in [0, 0.05) is 25.4 Å². The fraction of sp³-hybridized carbons (Fsp3) is 0.300. The standard InChI is InChI=1S/C10H12N2O2S/c1-8(13)11-6-7-15-10(14)9-4-2-3-5-12-9/h2-5H,6-7H2,1H3,(H,11,13). The second kappa shape index (κ2) is 6.19. The average Bonchev–Trinajstić information content (AvgIpc) is 2.25. The van der Waals surface area contributed by atoms with E-state index in [0.717, 1.165) is 11.8 Å². The lowest BCUT2D eigenvalue weighted by Gasteiger charge is -2.00. The molecule has 1 heterocycles. The Kier molecular flexibility index (Phi) is 4.83. The van der Waals surface area contributed by atoms with E-state index < -0.39 is 0 Å². The monoisotopic (exact) mass is 224 g/mol. The van der Waals surface area contributed by atoms with Crippen LogP contribution in [0.2, 0.25) is 0 Å². The Morgan fingerprint density at radius 1 is 1.47 bits per heavy atom. The number of hydrogen-bond donors (Lipinski definition) is 1. The lowest BCUT2D eigenvalue weighted by atomic mass is 10.4. The molecule has 1 amide bonds. The van der Waals surface area contributed by atoms with Gasteiger partial charge in [0.2, 0.25) is 11.0 Å². The van der Waals surface area contributed by atoms with Crippen molar-refractivity contribution in [2.45, 2.75) is 6.92 Å². The van der Waals surface area contributed by atoms with Gasteiger partial charge in [-0.15, -0.1) is 0 Å². The van der Waals surface area contributed by atoms with Crippen molar-refractivity contribution in [1.82, 2.24) is 10.3 Å². The highest BCUT2D eigenvalue weighted by Crippen LogP contribution is 2.08. The van der Waals surface area contributed by atoms with Gasteiger partial charge in [-0.3, -0.25) is 14.6 Å². The highest BCUT2D eigenvalue weighted by atomic mass is 32.2. The van der Waals surface area contributed by atoms with Crippen LogP contribution in [0, 0.1) is 0 Å². The summed E-state index contributed by atoms with van der Waals surface area (Å²) in [4.78, 5) is 26.0. The van der Waals surface area contributed by atoms with Crippen molar-refractivity contribution < 1.29 is 9.59 Å². The van der Waals surface area contributed by atoms with Gasteiger partial charge in [-0.05, 0) is 12.1 Å². The molecule has 0 saturated heterocycles. The van der Waals surface area contributed by atoms with E-state index in [1.807, 2.05) is 0 Å². The van der Waals surface area contributed by atoms with Gasteiger partial charge in [-0.1, -0.05) is 17.8 Å². The normalized spacial score (nSPS) is 9.67. The second-order valence-electron chi connectivity index (χ2n) is 2.83. The molecule has 0 unspecified atom stereocenters. The van der Waals surface area contributed by atoms with Gasteiger partial charge in [-0.2, -0.15) is 0 Å². The number of nitrogens with one attached hydrogen (secondary N) is 1. The number of amides is 1. The molecular weight excluding hydrogens is 212 g/mol. The van der Waals surface area contributed by atoms with Crippen molar-refractivity contribution in [2.75, 3.05) is 12.3 Å². The zero-order valence-corrected chi connectivity index (χ0v) is 9.21. The molecule has 1 aromatic rings. The van der Waals surface area contributed by atoms with E-state index in [9.17, 15) is 9.59 Å². The highest BCUT2D eigenvalue weighted by Gasteiger charge is 2.06. The van der Waals surface area contributed by atoms with Crippen LogP contribution >= 0.6 is 11.8 Å². The van der Waals surface area contributed by atoms with Gasteiger partial charge >= 0.3 is 0 Å². The quantitative estimate of drug-likeness (QED) is 0.778. The predicted molar refractivity (Wildman–Crippen MR) is 59.7 cm³/mol. The summed E-state index contributed by atoms with van der Waals surface area (Å²) in [6.07, 6.45) is 1.58. The molecule has 0 saturated carbocycles. The number of hydrogen-bond acceptors (Lipinski definition) is 4. The number of nitrogens with zero attached hydrogens (tertiary/aromatic N) is 1. The smallest absolute Gasteiger partial charge is 0.237 e. The predicted octanol–water partition coefficient (Wildman–Crippen LogP) is 1.09. The first kappa shape index (κ1) is 11.7. The number of thioether (sulfide) groups is 1. The summed E-state index contributed by atoms with van der Waals surface area (Å²) in [6, 6.07) is 5.21. The van der Waals surface area contributed by atoms with Crippen LogP contribution in [0.15, 0.2) is 24.4 Å². The van der Waals surface area contributed by atoms with E-state index in [0.29, 0.717) is 18.0 Å². The Hall–Kier alpha value is -1.36. The largest absolute Gasteiger partial charge is 0.356 e. The molecule has 0 bridgehead atoms. The van der Waals surface area contributed by atoms with E-state index in [2.05, 4.69) is 10.3 Å². The summed E-state index contributed by atoms with van der Waals surface area (Å²) in [5.41, 5.74) is 0.449. The molecule has 0 fully saturated rings. The minimum Gasteiger partial charge on any atom is -0.356 e. The first-order chi connectivity index (χ1) is 7.20. The van der Waals surface area contributed by atoms with Crippen LogP contribution in [0.3, 0.4) is 0 Å². The van der Waals surface area contributed by atoms with Crippen molar-refractivity contribution in [1.29, 1.82) is 0 Å². The maximum Gasteiger partial charge on any atom is 0.237 e. The van der Waals surface area contributed by atoms with Crippen molar-refractivity contribution in [2.24, 2.45) is 0 Å². The number of carbonyl (C=O) groups is 2. The van der Waals surface area contributed by atoms with Crippen molar-refractivity contribution in [3.05, 3.63) is 30.1 Å². The summed E-state index contributed by atoms with van der Waals surface area (Å²) >= 11 is 1.16. The summed E-state index contributed by atoms with van der Waals surface area (Å²) < 4.78 is 0. The van der Waals surface area contributed by atoms with Gasteiger partial charge in [-0.25, -0.2) is 0 Å². The first-order valence-electron chi connectivity index (χ1n) is 4.53. The van der Waals surface area contributed by atoms with Crippen LogP contribution in [0.25, 0.3) is 0 Å². The van der Waals surface area contributed by atoms with Gasteiger partial charge in [0.1, 0.15) is 5.69 Å². The Morgan fingerprint density at radius 3 is 2.87 bits per heavy atom. The van der Waals surface area contributed by atoms with Gasteiger partial charge in [0.15, 0.2) is 0 Å². The Bertz CT molecular complexity index is 341. The van der Waals surface area contributed by atoms with E-state index in [1.54, 1.807) is 24.4 Å². The van der Waals surface area contributed by atoms with Crippen LogP contribution in [0.4, 0.5) is 0 Å². The minimum absolute atomic E-state index is 0.0686. The molecule has 5 heteroatoms. The molecule has 0 aliphatic rings. The highest BCUT2D eigenvalue weighted by molar-refractivity contribution is 8.14. The third-order valence-corrected chi connectivity index (χ3v) is 2.46. The minimum atomic E-state index is -0.0825. The lowest BCUT2D eigenvalue weighted by molar-refractivity contribution is -0.118. The fourth-order valence-electron chi connectivity index (χ4n) is 0.928. The second-order valence-corrected chi connectivity index (χ2v) is 3.90.